The SMILES string of the molecule is CC(C)(C)c1ccc(O)[c]([Hg][Br])c1. The van der Waals surface area contributed by atoms with Crippen LogP contribution in [0.15, 0.2) is 18.2 Å². The molecule has 1 N–H and O–H groups in total. The first-order chi connectivity index (χ1) is 5.95. The van der Waals surface area contributed by atoms with Gasteiger partial charge >= 0.3 is 97.9 Å². The van der Waals surface area contributed by atoms with Crippen LogP contribution in [0.25, 0.3) is 0 Å². The summed E-state index contributed by atoms with van der Waals surface area (Å²) in [7, 11) is 0. The van der Waals surface area contributed by atoms with E-state index in [-0.39, 0.29) is 5.41 Å². The molecule has 0 amide bonds. The van der Waals surface area contributed by atoms with Gasteiger partial charge in [0.2, 0.25) is 0 Å². The van der Waals surface area contributed by atoms with Gasteiger partial charge in [0.1, 0.15) is 0 Å². The van der Waals surface area contributed by atoms with E-state index in [2.05, 4.69) is 38.7 Å². The van der Waals surface area contributed by atoms with Crippen LogP contribution in [0.1, 0.15) is 26.3 Å². The molecule has 0 saturated carbocycles. The summed E-state index contributed by atoms with van der Waals surface area (Å²) in [4.78, 5) is 0. The van der Waals surface area contributed by atoms with E-state index < -0.39 is 22.1 Å². The fraction of sp³-hybridized carbons (Fsp3) is 0.400. The molecule has 0 unspecified atom stereocenters. The Morgan fingerprint density at radius 1 is 1.31 bits per heavy atom. The third kappa shape index (κ3) is 2.95. The second-order valence-electron chi connectivity index (χ2n) is 4.23. The zero-order valence-electron chi connectivity index (χ0n) is 8.26. The minimum atomic E-state index is -1.15. The van der Waals surface area contributed by atoms with Crippen molar-refractivity contribution in [3.8, 4) is 5.75 Å². The second-order valence-corrected chi connectivity index (χ2v) is 13.1. The molecule has 0 aliphatic rings. The summed E-state index contributed by atoms with van der Waals surface area (Å²) in [6.07, 6.45) is 0. The average molecular weight is 430 g/mol. The van der Waals surface area contributed by atoms with Gasteiger partial charge in [-0.05, 0) is 0 Å². The molecule has 0 aliphatic heterocycles. The quantitative estimate of drug-likeness (QED) is 0.681. The molecular weight excluding hydrogens is 417 g/mol. The number of hydrogen-bond acceptors (Lipinski definition) is 1. The van der Waals surface area contributed by atoms with Crippen molar-refractivity contribution in [2.75, 3.05) is 0 Å². The Morgan fingerprint density at radius 2 is 1.92 bits per heavy atom. The van der Waals surface area contributed by atoms with Crippen molar-refractivity contribution in [3.63, 3.8) is 0 Å². The van der Waals surface area contributed by atoms with Gasteiger partial charge in [0, 0.05) is 0 Å². The van der Waals surface area contributed by atoms with Crippen LogP contribution in [0.5, 0.6) is 5.75 Å². The molecule has 1 aromatic rings. The van der Waals surface area contributed by atoms with Crippen molar-refractivity contribution < 1.29 is 27.3 Å². The van der Waals surface area contributed by atoms with Crippen LogP contribution in [0.2, 0.25) is 0 Å². The van der Waals surface area contributed by atoms with Crippen molar-refractivity contribution in [3.05, 3.63) is 23.8 Å². The van der Waals surface area contributed by atoms with E-state index in [0.29, 0.717) is 5.75 Å². The van der Waals surface area contributed by atoms with Gasteiger partial charge in [-0.1, -0.05) is 0 Å². The molecule has 0 heterocycles. The zero-order chi connectivity index (χ0) is 10.1. The van der Waals surface area contributed by atoms with Crippen molar-refractivity contribution in [1.82, 2.24) is 0 Å². The molecule has 0 fully saturated rings. The van der Waals surface area contributed by atoms with Gasteiger partial charge in [0.15, 0.2) is 0 Å². The third-order valence-electron chi connectivity index (χ3n) is 2.09. The van der Waals surface area contributed by atoms with Gasteiger partial charge in [0.05, 0.1) is 0 Å². The number of halogens is 1. The number of phenols is 1. The topological polar surface area (TPSA) is 20.2 Å². The second kappa shape index (κ2) is 4.30. The van der Waals surface area contributed by atoms with Crippen LogP contribution < -0.4 is 3.07 Å². The van der Waals surface area contributed by atoms with E-state index in [1.165, 1.54) is 8.64 Å². The predicted molar refractivity (Wildman–Crippen MR) is 55.4 cm³/mol. The van der Waals surface area contributed by atoms with Crippen LogP contribution in [0.4, 0.5) is 0 Å². The Bertz CT molecular complexity index is 304. The summed E-state index contributed by atoms with van der Waals surface area (Å²) < 4.78 is 1.17. The number of rotatable bonds is 1. The van der Waals surface area contributed by atoms with Gasteiger partial charge in [-0.2, -0.15) is 0 Å². The molecule has 3 heteroatoms. The summed E-state index contributed by atoms with van der Waals surface area (Å²) in [6, 6.07) is 5.97. The molecule has 13 heavy (non-hydrogen) atoms. The normalized spacial score (nSPS) is 11.1. The summed E-state index contributed by atoms with van der Waals surface area (Å²) in [5.41, 5.74) is 1.48. The molecule has 0 aromatic heterocycles. The first-order valence-electron chi connectivity index (χ1n) is 4.33. The molecule has 68 valence electrons. The van der Waals surface area contributed by atoms with E-state index in [4.69, 9.17) is 0 Å². The molecule has 0 spiro atoms. The maximum atomic E-state index is 9.53. The van der Waals surface area contributed by atoms with E-state index in [1.54, 1.807) is 0 Å². The van der Waals surface area contributed by atoms with Crippen LogP contribution in [-0.2, 0) is 27.6 Å². The first kappa shape index (κ1) is 11.5. The zero-order valence-corrected chi connectivity index (χ0v) is 15.3. The predicted octanol–water partition coefficient (Wildman–Crippen LogP) is 2.71. The van der Waals surface area contributed by atoms with Crippen molar-refractivity contribution in [1.29, 1.82) is 0 Å². The fourth-order valence-electron chi connectivity index (χ4n) is 1.16. The van der Waals surface area contributed by atoms with Crippen LogP contribution in [-0.4, -0.2) is 5.11 Å². The first-order valence-corrected chi connectivity index (χ1v) is 19.0. The van der Waals surface area contributed by atoms with Gasteiger partial charge < -0.3 is 0 Å². The molecule has 0 saturated heterocycles. The Labute approximate surface area is 97.2 Å². The number of aromatic hydroxyl groups is 1. The molecule has 0 atom stereocenters. The van der Waals surface area contributed by atoms with Gasteiger partial charge in [-0.25, -0.2) is 0 Å². The molecular formula is C10H13BrHgO. The van der Waals surface area contributed by atoms with E-state index in [9.17, 15) is 5.11 Å². The maximum absolute atomic E-state index is 9.53. The van der Waals surface area contributed by atoms with Crippen LogP contribution in [0, 0.1) is 0 Å². The Kier molecular flexibility index (Phi) is 3.81. The Hall–Kier alpha value is 0.435. The van der Waals surface area contributed by atoms with Gasteiger partial charge in [-0.15, -0.1) is 0 Å². The van der Waals surface area contributed by atoms with E-state index in [0.717, 1.165) is 0 Å². The van der Waals surface area contributed by atoms with Crippen molar-refractivity contribution in [2.45, 2.75) is 26.2 Å². The minimum absolute atomic E-state index is 0.179. The van der Waals surface area contributed by atoms with E-state index >= 15 is 0 Å². The molecule has 1 aromatic carbocycles. The number of hydrogen-bond donors (Lipinski definition) is 1. The molecule has 1 rings (SSSR count). The third-order valence-corrected chi connectivity index (χ3v) is 10.7. The molecule has 0 bridgehead atoms. The Morgan fingerprint density at radius 3 is 2.38 bits per heavy atom. The average Bonchev–Trinajstić information content (AvgIpc) is 2.03. The standard InChI is InChI=1S/C10H13O.BrH.Hg/c1-10(2,3)8-4-6-9(11)7-5-8;;/h4-6,11H,1-3H3;1H;/q;;+1/p-1. The summed E-state index contributed by atoms with van der Waals surface area (Å²) in [6.45, 7) is 6.57. The van der Waals surface area contributed by atoms with Crippen molar-refractivity contribution in [2.24, 2.45) is 0 Å². The monoisotopic (exact) mass is 430 g/mol. The van der Waals surface area contributed by atoms with Gasteiger partial charge in [0.25, 0.3) is 0 Å². The molecule has 0 radical (unpaired) electrons. The summed E-state index contributed by atoms with van der Waals surface area (Å²) >= 11 is 2.43. The number of phenolic OH excluding ortho intramolecular Hbond substituents is 1. The van der Waals surface area contributed by atoms with Gasteiger partial charge in [-0.3, -0.25) is 0 Å². The fourth-order valence-corrected chi connectivity index (χ4v) is 7.25. The van der Waals surface area contributed by atoms with E-state index in [1.807, 2.05) is 12.1 Å². The van der Waals surface area contributed by atoms with Crippen LogP contribution in [0.3, 0.4) is 0 Å². The number of benzene rings is 1. The summed E-state index contributed by atoms with van der Waals surface area (Å²) in [5, 5.41) is 9.53. The van der Waals surface area contributed by atoms with Crippen molar-refractivity contribution >= 4 is 15.0 Å². The Balaban J connectivity index is 3.14. The summed E-state index contributed by atoms with van der Waals surface area (Å²) in [5.74, 6) is 0.464. The molecule has 0 aliphatic carbocycles. The van der Waals surface area contributed by atoms with Crippen LogP contribution >= 0.6 is 11.9 Å². The molecule has 1 nitrogen and oxygen atoms in total.